The molecule has 0 radical (unpaired) electrons. The SMILES string of the molecule is COC(=O)c1ccccc1NC(=O)C1CCCN(Cc2ccccc2)C1. The number of nitrogens with one attached hydrogen (secondary N) is 1. The zero-order chi connectivity index (χ0) is 18.4. The number of methoxy groups -OCH3 is 1. The van der Waals surface area contributed by atoms with Gasteiger partial charge < -0.3 is 10.1 Å². The Morgan fingerprint density at radius 1 is 1.12 bits per heavy atom. The van der Waals surface area contributed by atoms with Gasteiger partial charge in [0.05, 0.1) is 24.3 Å². The summed E-state index contributed by atoms with van der Waals surface area (Å²) in [6.45, 7) is 2.57. The van der Waals surface area contributed by atoms with E-state index in [0.29, 0.717) is 11.3 Å². The Morgan fingerprint density at radius 3 is 2.62 bits per heavy atom. The number of ether oxygens (including phenoxy) is 1. The van der Waals surface area contributed by atoms with Crippen LogP contribution in [0.1, 0.15) is 28.8 Å². The van der Waals surface area contributed by atoms with Crippen molar-refractivity contribution in [3.8, 4) is 0 Å². The number of benzene rings is 2. The molecule has 2 aromatic rings. The second-order valence-corrected chi connectivity index (χ2v) is 6.59. The fraction of sp³-hybridized carbons (Fsp3) is 0.333. The monoisotopic (exact) mass is 352 g/mol. The summed E-state index contributed by atoms with van der Waals surface area (Å²) in [6, 6.07) is 17.2. The third-order valence-corrected chi connectivity index (χ3v) is 4.72. The minimum absolute atomic E-state index is 0.0425. The molecule has 0 bridgehead atoms. The number of nitrogens with zero attached hydrogens (tertiary/aromatic N) is 1. The lowest BCUT2D eigenvalue weighted by Crippen LogP contribution is -2.40. The lowest BCUT2D eigenvalue weighted by atomic mass is 9.96. The summed E-state index contributed by atoms with van der Waals surface area (Å²) in [4.78, 5) is 26.9. The van der Waals surface area contributed by atoms with Gasteiger partial charge in [-0.3, -0.25) is 9.69 Å². The Hall–Kier alpha value is -2.66. The highest BCUT2D eigenvalue weighted by Gasteiger charge is 2.26. The second kappa shape index (κ2) is 8.63. The van der Waals surface area contributed by atoms with Crippen molar-refractivity contribution in [2.75, 3.05) is 25.5 Å². The van der Waals surface area contributed by atoms with Crippen molar-refractivity contribution in [3.63, 3.8) is 0 Å². The fourth-order valence-corrected chi connectivity index (χ4v) is 3.37. The van der Waals surface area contributed by atoms with Crippen LogP contribution in [0.3, 0.4) is 0 Å². The highest BCUT2D eigenvalue weighted by Crippen LogP contribution is 2.22. The van der Waals surface area contributed by atoms with Gasteiger partial charge >= 0.3 is 5.97 Å². The molecule has 3 rings (SSSR count). The number of carbonyl (C=O) groups is 2. The topological polar surface area (TPSA) is 58.6 Å². The maximum atomic E-state index is 12.7. The van der Waals surface area contributed by atoms with E-state index in [1.54, 1.807) is 24.3 Å². The van der Waals surface area contributed by atoms with Gasteiger partial charge in [0.1, 0.15) is 0 Å². The Morgan fingerprint density at radius 2 is 1.85 bits per heavy atom. The van der Waals surface area contributed by atoms with Gasteiger partial charge in [-0.05, 0) is 37.1 Å². The van der Waals surface area contributed by atoms with E-state index in [1.165, 1.54) is 12.7 Å². The first-order valence-corrected chi connectivity index (χ1v) is 8.92. The lowest BCUT2D eigenvalue weighted by molar-refractivity contribution is -0.121. The van der Waals surface area contributed by atoms with E-state index in [4.69, 9.17) is 4.74 Å². The number of anilines is 1. The number of carbonyl (C=O) groups excluding carboxylic acids is 2. The van der Waals surface area contributed by atoms with Crippen LogP contribution in [0.4, 0.5) is 5.69 Å². The van der Waals surface area contributed by atoms with E-state index in [-0.39, 0.29) is 11.8 Å². The number of hydrogen-bond donors (Lipinski definition) is 1. The molecule has 5 heteroatoms. The third-order valence-electron chi connectivity index (χ3n) is 4.72. The maximum Gasteiger partial charge on any atom is 0.339 e. The standard InChI is InChI=1S/C21H24N2O3/c1-26-21(25)18-11-5-6-12-19(18)22-20(24)17-10-7-13-23(15-17)14-16-8-3-2-4-9-16/h2-6,8-9,11-12,17H,7,10,13-15H2,1H3,(H,22,24). The molecule has 1 aliphatic heterocycles. The molecule has 1 saturated heterocycles. The van der Waals surface area contributed by atoms with Gasteiger partial charge in [0.15, 0.2) is 0 Å². The highest BCUT2D eigenvalue weighted by molar-refractivity contribution is 6.01. The molecule has 1 fully saturated rings. The minimum atomic E-state index is -0.449. The first kappa shape index (κ1) is 18.1. The first-order valence-electron chi connectivity index (χ1n) is 8.92. The number of likely N-dealkylation sites (tertiary alicyclic amines) is 1. The van der Waals surface area contributed by atoms with Gasteiger partial charge in [-0.15, -0.1) is 0 Å². The summed E-state index contributed by atoms with van der Waals surface area (Å²) in [5.41, 5.74) is 2.13. The molecule has 0 spiro atoms. The van der Waals surface area contributed by atoms with Crippen molar-refractivity contribution in [2.45, 2.75) is 19.4 Å². The van der Waals surface area contributed by atoms with E-state index in [1.807, 2.05) is 18.2 Å². The normalized spacial score (nSPS) is 17.5. The van der Waals surface area contributed by atoms with E-state index >= 15 is 0 Å². The predicted molar refractivity (Wildman–Crippen MR) is 101 cm³/mol. The fourth-order valence-electron chi connectivity index (χ4n) is 3.37. The predicted octanol–water partition coefficient (Wildman–Crippen LogP) is 3.32. The molecule has 0 aromatic heterocycles. The van der Waals surface area contributed by atoms with Gasteiger partial charge in [0.25, 0.3) is 0 Å². The molecular weight excluding hydrogens is 328 g/mol. The Labute approximate surface area is 154 Å². The van der Waals surface area contributed by atoms with Crippen molar-refractivity contribution < 1.29 is 14.3 Å². The third kappa shape index (κ3) is 4.49. The van der Waals surface area contributed by atoms with Crippen LogP contribution >= 0.6 is 0 Å². The average molecular weight is 352 g/mol. The Balaban J connectivity index is 1.64. The molecule has 1 aliphatic rings. The first-order chi connectivity index (χ1) is 12.7. The van der Waals surface area contributed by atoms with E-state index in [0.717, 1.165) is 32.5 Å². The molecule has 1 heterocycles. The molecule has 1 amide bonds. The van der Waals surface area contributed by atoms with Gasteiger partial charge in [-0.25, -0.2) is 4.79 Å². The summed E-state index contributed by atoms with van der Waals surface area (Å²) in [5.74, 6) is -0.576. The smallest absolute Gasteiger partial charge is 0.339 e. The van der Waals surface area contributed by atoms with Crippen LogP contribution in [0.25, 0.3) is 0 Å². The molecule has 0 saturated carbocycles. The lowest BCUT2D eigenvalue weighted by Gasteiger charge is -2.32. The number of esters is 1. The summed E-state index contributed by atoms with van der Waals surface area (Å²) >= 11 is 0. The van der Waals surface area contributed by atoms with Crippen LogP contribution in [0, 0.1) is 5.92 Å². The van der Waals surface area contributed by atoms with Gasteiger partial charge in [0.2, 0.25) is 5.91 Å². The van der Waals surface area contributed by atoms with Crippen molar-refractivity contribution in [2.24, 2.45) is 5.92 Å². The number of piperidine rings is 1. The van der Waals surface area contributed by atoms with E-state index in [2.05, 4.69) is 22.3 Å². The van der Waals surface area contributed by atoms with Crippen molar-refractivity contribution in [3.05, 3.63) is 65.7 Å². The zero-order valence-corrected chi connectivity index (χ0v) is 15.0. The minimum Gasteiger partial charge on any atom is -0.465 e. The van der Waals surface area contributed by atoms with Crippen LogP contribution in [0.15, 0.2) is 54.6 Å². The number of hydrogen-bond acceptors (Lipinski definition) is 4. The summed E-state index contributed by atoms with van der Waals surface area (Å²) in [5, 5.41) is 2.91. The van der Waals surface area contributed by atoms with Crippen molar-refractivity contribution >= 4 is 17.6 Å². The molecule has 1 atom stereocenters. The molecule has 5 nitrogen and oxygen atoms in total. The Kier molecular flexibility index (Phi) is 6.02. The van der Waals surface area contributed by atoms with Gasteiger partial charge in [-0.2, -0.15) is 0 Å². The molecule has 26 heavy (non-hydrogen) atoms. The second-order valence-electron chi connectivity index (χ2n) is 6.59. The van der Waals surface area contributed by atoms with Crippen LogP contribution in [-0.2, 0) is 16.1 Å². The van der Waals surface area contributed by atoms with Crippen LogP contribution < -0.4 is 5.32 Å². The summed E-state index contributed by atoms with van der Waals surface area (Å²) < 4.78 is 4.79. The molecule has 136 valence electrons. The molecule has 0 aliphatic carbocycles. The molecular formula is C21H24N2O3. The van der Waals surface area contributed by atoms with Crippen LogP contribution in [-0.4, -0.2) is 37.0 Å². The Bertz CT molecular complexity index is 761. The summed E-state index contributed by atoms with van der Waals surface area (Å²) in [6.07, 6.45) is 1.85. The number of rotatable bonds is 5. The molecule has 1 N–H and O–H groups in total. The largest absolute Gasteiger partial charge is 0.465 e. The zero-order valence-electron chi connectivity index (χ0n) is 15.0. The van der Waals surface area contributed by atoms with Crippen molar-refractivity contribution in [1.82, 2.24) is 4.90 Å². The van der Waals surface area contributed by atoms with Gasteiger partial charge in [0, 0.05) is 13.1 Å². The quantitative estimate of drug-likeness (QED) is 0.839. The van der Waals surface area contributed by atoms with Crippen LogP contribution in [0.2, 0.25) is 0 Å². The average Bonchev–Trinajstić information content (AvgIpc) is 2.69. The van der Waals surface area contributed by atoms with E-state index in [9.17, 15) is 9.59 Å². The van der Waals surface area contributed by atoms with Crippen LogP contribution in [0.5, 0.6) is 0 Å². The number of amides is 1. The summed E-state index contributed by atoms with van der Waals surface area (Å²) in [7, 11) is 1.34. The highest BCUT2D eigenvalue weighted by atomic mass is 16.5. The molecule has 1 unspecified atom stereocenters. The number of para-hydroxylation sites is 1. The van der Waals surface area contributed by atoms with E-state index < -0.39 is 5.97 Å². The maximum absolute atomic E-state index is 12.7. The molecule has 2 aromatic carbocycles. The van der Waals surface area contributed by atoms with Gasteiger partial charge in [-0.1, -0.05) is 42.5 Å². The van der Waals surface area contributed by atoms with Crippen molar-refractivity contribution in [1.29, 1.82) is 0 Å².